The van der Waals surface area contributed by atoms with Crippen molar-refractivity contribution >= 4 is 28.8 Å². The summed E-state index contributed by atoms with van der Waals surface area (Å²) < 4.78 is 85.0. The molecule has 1 aliphatic rings. The highest BCUT2D eigenvalue weighted by Crippen LogP contribution is 2.36. The van der Waals surface area contributed by atoms with Crippen molar-refractivity contribution in [2.24, 2.45) is 10.2 Å². The summed E-state index contributed by atoms with van der Waals surface area (Å²) >= 11 is 1.36. The summed E-state index contributed by atoms with van der Waals surface area (Å²) in [6, 6.07) is 18.1. The third kappa shape index (κ3) is 7.36. The SMILES string of the molecule is FC(F)(F)Oc1ccc(-n2cnc(-c3ccc(/C=N/N=C4\SCCN4c4ccccc4OC(F)(F)F)cc3)n2)cc1. The van der Waals surface area contributed by atoms with Gasteiger partial charge in [-0.05, 0) is 42.0 Å². The van der Waals surface area contributed by atoms with Gasteiger partial charge in [0.15, 0.2) is 16.7 Å². The first-order chi connectivity index (χ1) is 19.5. The first-order valence-electron chi connectivity index (χ1n) is 11.8. The lowest BCUT2D eigenvalue weighted by Gasteiger charge is -2.21. The Bertz CT molecular complexity index is 1550. The minimum atomic E-state index is -4.82. The number of halogens is 6. The average Bonchev–Trinajstić information content (AvgIpc) is 3.59. The van der Waals surface area contributed by atoms with Crippen molar-refractivity contribution in [3.8, 4) is 28.6 Å². The fourth-order valence-corrected chi connectivity index (χ4v) is 4.69. The highest BCUT2D eigenvalue weighted by molar-refractivity contribution is 8.14. The molecule has 2 heterocycles. The van der Waals surface area contributed by atoms with Gasteiger partial charge in [0.25, 0.3) is 0 Å². The van der Waals surface area contributed by atoms with Crippen LogP contribution < -0.4 is 14.4 Å². The van der Waals surface area contributed by atoms with E-state index in [-0.39, 0.29) is 17.2 Å². The zero-order valence-corrected chi connectivity index (χ0v) is 21.5. The molecule has 5 rings (SSSR count). The Hall–Kier alpha value is -4.53. The lowest BCUT2D eigenvalue weighted by molar-refractivity contribution is -0.275. The number of nitrogens with zero attached hydrogens (tertiary/aromatic N) is 6. The maximum atomic E-state index is 12.8. The van der Waals surface area contributed by atoms with E-state index in [1.807, 2.05) is 0 Å². The van der Waals surface area contributed by atoms with Gasteiger partial charge in [0.1, 0.15) is 12.1 Å². The summed E-state index contributed by atoms with van der Waals surface area (Å²) in [6.07, 6.45) is -6.66. The second-order valence-corrected chi connectivity index (χ2v) is 9.38. The van der Waals surface area contributed by atoms with Crippen LogP contribution in [-0.2, 0) is 0 Å². The van der Waals surface area contributed by atoms with Crippen molar-refractivity contribution < 1.29 is 35.8 Å². The number of aromatic nitrogens is 3. The van der Waals surface area contributed by atoms with Crippen molar-refractivity contribution in [2.75, 3.05) is 17.2 Å². The molecule has 0 radical (unpaired) electrons. The summed E-state index contributed by atoms with van der Waals surface area (Å²) in [5.74, 6) is 0.345. The monoisotopic (exact) mass is 592 g/mol. The minimum absolute atomic E-state index is 0.241. The van der Waals surface area contributed by atoms with Gasteiger partial charge >= 0.3 is 12.7 Å². The topological polar surface area (TPSA) is 77.1 Å². The molecule has 0 spiro atoms. The second-order valence-electron chi connectivity index (χ2n) is 8.32. The van der Waals surface area contributed by atoms with Crippen molar-refractivity contribution in [3.63, 3.8) is 0 Å². The summed E-state index contributed by atoms with van der Waals surface area (Å²) in [7, 11) is 0. The van der Waals surface area contributed by atoms with Crippen molar-refractivity contribution in [1.82, 2.24) is 14.8 Å². The Labute approximate surface area is 232 Å². The quantitative estimate of drug-likeness (QED) is 0.136. The smallest absolute Gasteiger partial charge is 0.406 e. The Morgan fingerprint density at radius 3 is 2.27 bits per heavy atom. The van der Waals surface area contributed by atoms with Gasteiger partial charge in [-0.2, -0.15) is 5.10 Å². The van der Waals surface area contributed by atoms with E-state index in [2.05, 4.69) is 29.8 Å². The fraction of sp³-hybridized carbons (Fsp3) is 0.154. The Morgan fingerprint density at radius 1 is 0.854 bits per heavy atom. The molecule has 0 bridgehead atoms. The van der Waals surface area contributed by atoms with Crippen LogP contribution in [0.1, 0.15) is 5.56 Å². The summed E-state index contributed by atoms with van der Waals surface area (Å²) in [6.45, 7) is 0.442. The van der Waals surface area contributed by atoms with Crippen LogP contribution >= 0.6 is 11.8 Å². The van der Waals surface area contributed by atoms with Gasteiger partial charge in [-0.15, -0.1) is 36.5 Å². The molecule has 0 unspecified atom stereocenters. The molecule has 1 aliphatic heterocycles. The number of ether oxygens (including phenoxy) is 2. The van der Waals surface area contributed by atoms with Gasteiger partial charge in [0.2, 0.25) is 0 Å². The van der Waals surface area contributed by atoms with E-state index in [9.17, 15) is 26.3 Å². The zero-order valence-electron chi connectivity index (χ0n) is 20.7. The van der Waals surface area contributed by atoms with Crippen LogP contribution in [0.25, 0.3) is 17.1 Å². The van der Waals surface area contributed by atoms with Crippen LogP contribution in [0, 0.1) is 0 Å². The molecule has 3 aromatic carbocycles. The number of amidine groups is 1. The lowest BCUT2D eigenvalue weighted by atomic mass is 10.1. The van der Waals surface area contributed by atoms with Crippen LogP contribution in [0.15, 0.2) is 89.3 Å². The largest absolute Gasteiger partial charge is 0.573 e. The first-order valence-corrected chi connectivity index (χ1v) is 12.8. The molecule has 212 valence electrons. The Kier molecular flexibility index (Phi) is 7.88. The molecule has 1 aromatic heterocycles. The zero-order chi connectivity index (χ0) is 29.0. The van der Waals surface area contributed by atoms with E-state index in [1.54, 1.807) is 35.2 Å². The number of hydrogen-bond donors (Lipinski definition) is 0. The van der Waals surface area contributed by atoms with Gasteiger partial charge in [0, 0.05) is 17.9 Å². The number of rotatable bonds is 7. The molecule has 0 amide bonds. The molecule has 41 heavy (non-hydrogen) atoms. The number of para-hydroxylation sites is 2. The summed E-state index contributed by atoms with van der Waals surface area (Å²) in [5.41, 5.74) is 2.12. The van der Waals surface area contributed by atoms with Crippen LogP contribution in [-0.4, -0.2) is 51.2 Å². The van der Waals surface area contributed by atoms with E-state index < -0.39 is 12.7 Å². The third-order valence-corrected chi connectivity index (χ3v) is 6.45. The average molecular weight is 593 g/mol. The number of hydrogen-bond acceptors (Lipinski definition) is 7. The molecule has 15 heteroatoms. The van der Waals surface area contributed by atoms with Gasteiger partial charge < -0.3 is 14.4 Å². The molecule has 0 aliphatic carbocycles. The normalized spacial score (nSPS) is 15.2. The Balaban J connectivity index is 1.25. The van der Waals surface area contributed by atoms with Gasteiger partial charge in [0.05, 0.1) is 17.6 Å². The molecule has 0 N–H and O–H groups in total. The molecule has 0 atom stereocenters. The molecule has 1 fully saturated rings. The summed E-state index contributed by atoms with van der Waals surface area (Å²) in [4.78, 5) is 5.87. The Morgan fingerprint density at radius 2 is 1.56 bits per heavy atom. The summed E-state index contributed by atoms with van der Waals surface area (Å²) in [5, 5.41) is 13.1. The van der Waals surface area contributed by atoms with E-state index in [0.29, 0.717) is 40.1 Å². The number of anilines is 1. The molecular weight excluding hydrogens is 574 g/mol. The van der Waals surface area contributed by atoms with Gasteiger partial charge in [-0.3, -0.25) is 0 Å². The van der Waals surface area contributed by atoms with E-state index in [4.69, 9.17) is 0 Å². The predicted octanol–water partition coefficient (Wildman–Crippen LogP) is 6.67. The van der Waals surface area contributed by atoms with Gasteiger partial charge in [-0.25, -0.2) is 9.67 Å². The van der Waals surface area contributed by atoms with Crippen LogP contribution in [0.2, 0.25) is 0 Å². The fourth-order valence-electron chi connectivity index (χ4n) is 3.78. The van der Waals surface area contributed by atoms with Crippen LogP contribution in [0.4, 0.5) is 32.0 Å². The number of benzene rings is 3. The predicted molar refractivity (Wildman–Crippen MR) is 141 cm³/mol. The molecule has 0 saturated carbocycles. The van der Waals surface area contributed by atoms with Crippen molar-refractivity contribution in [3.05, 3.63) is 84.7 Å². The second kappa shape index (κ2) is 11.5. The van der Waals surface area contributed by atoms with Gasteiger partial charge in [-0.1, -0.05) is 48.2 Å². The molecule has 8 nitrogen and oxygen atoms in total. The highest BCUT2D eigenvalue weighted by Gasteiger charge is 2.34. The molecule has 4 aromatic rings. The van der Waals surface area contributed by atoms with Crippen LogP contribution in [0.5, 0.6) is 11.5 Å². The first kappa shape index (κ1) is 28.0. The molecular formula is C26H18F6N6O2S. The standard InChI is InChI=1S/C26H18F6N6O2S/c27-25(28,29)39-20-11-9-19(10-12-20)38-16-33-23(36-38)18-7-5-17(6-8-18)15-34-35-24-37(13-14-41-24)21-3-1-2-4-22(21)40-26(30,31)32/h1-12,15-16H,13-14H2/b34-15+,35-24-. The number of alkyl halides is 6. The van der Waals surface area contributed by atoms with E-state index >= 15 is 0 Å². The van der Waals surface area contributed by atoms with Crippen molar-refractivity contribution in [1.29, 1.82) is 0 Å². The van der Waals surface area contributed by atoms with E-state index in [0.717, 1.165) is 0 Å². The minimum Gasteiger partial charge on any atom is -0.406 e. The maximum Gasteiger partial charge on any atom is 0.573 e. The van der Waals surface area contributed by atoms with Crippen LogP contribution in [0.3, 0.4) is 0 Å². The highest BCUT2D eigenvalue weighted by atomic mass is 32.2. The van der Waals surface area contributed by atoms with Crippen molar-refractivity contribution in [2.45, 2.75) is 12.7 Å². The number of thioether (sulfide) groups is 1. The van der Waals surface area contributed by atoms with E-state index in [1.165, 1.54) is 71.5 Å². The maximum absolute atomic E-state index is 12.8. The molecule has 1 saturated heterocycles. The third-order valence-electron chi connectivity index (χ3n) is 5.50. The lowest BCUT2D eigenvalue weighted by Crippen LogP contribution is -2.26.